The zero-order valence-corrected chi connectivity index (χ0v) is 17.6. The van der Waals surface area contributed by atoms with Crippen molar-refractivity contribution in [2.24, 2.45) is 5.92 Å². The van der Waals surface area contributed by atoms with Crippen LogP contribution in [0.15, 0.2) is 24.3 Å². The van der Waals surface area contributed by atoms with Crippen LogP contribution in [0.2, 0.25) is 0 Å². The first-order chi connectivity index (χ1) is 14.6. The third-order valence-electron chi connectivity index (χ3n) is 5.91. The van der Waals surface area contributed by atoms with Crippen molar-refractivity contribution in [3.05, 3.63) is 29.8 Å². The molecule has 0 aliphatic carbocycles. The number of ether oxygens (including phenoxy) is 1. The topological polar surface area (TPSA) is 87.2 Å². The molecule has 30 heavy (non-hydrogen) atoms. The number of unbranched alkanes of at least 4 members (excludes halogenated alkanes) is 4. The number of carbonyl (C=O) groups is 3. The molecule has 2 heterocycles. The normalized spacial score (nSPS) is 18.7. The Kier molecular flexibility index (Phi) is 8.25. The summed E-state index contributed by atoms with van der Waals surface area (Å²) in [6, 6.07) is 7.87. The number of carbonyl (C=O) groups excluding carboxylic acids is 2. The van der Waals surface area contributed by atoms with Crippen LogP contribution in [0.1, 0.15) is 50.5 Å². The maximum absolute atomic E-state index is 13.0. The number of amides is 2. The van der Waals surface area contributed by atoms with Gasteiger partial charge < -0.3 is 19.6 Å². The average molecular weight is 417 g/mol. The summed E-state index contributed by atoms with van der Waals surface area (Å²) in [5.41, 5.74) is 1.98. The van der Waals surface area contributed by atoms with Gasteiger partial charge in [0.1, 0.15) is 0 Å². The Morgan fingerprint density at radius 1 is 0.967 bits per heavy atom. The Bertz CT molecular complexity index is 745. The molecule has 0 saturated carbocycles. The molecule has 1 aromatic rings. The van der Waals surface area contributed by atoms with Crippen molar-refractivity contribution in [2.75, 3.05) is 37.7 Å². The lowest BCUT2D eigenvalue weighted by atomic mass is 9.90. The average Bonchev–Trinajstić information content (AvgIpc) is 2.77. The van der Waals surface area contributed by atoms with Crippen LogP contribution in [-0.4, -0.2) is 60.6 Å². The molecule has 0 unspecified atom stereocenters. The molecular formula is C23H32N2O5. The largest absolute Gasteiger partial charge is 0.481 e. The van der Waals surface area contributed by atoms with Gasteiger partial charge in [-0.25, -0.2) is 0 Å². The second kappa shape index (κ2) is 11.1. The molecule has 0 radical (unpaired) electrons. The van der Waals surface area contributed by atoms with Crippen molar-refractivity contribution in [3.8, 4) is 0 Å². The van der Waals surface area contributed by atoms with Gasteiger partial charge in [0.25, 0.3) is 0 Å². The second-order valence-corrected chi connectivity index (χ2v) is 8.13. The highest BCUT2D eigenvalue weighted by molar-refractivity contribution is 5.96. The van der Waals surface area contributed by atoms with Gasteiger partial charge in [-0.15, -0.1) is 0 Å². The van der Waals surface area contributed by atoms with Gasteiger partial charge in [-0.2, -0.15) is 0 Å². The zero-order chi connectivity index (χ0) is 21.3. The molecule has 2 aliphatic heterocycles. The number of nitrogens with zero attached hydrogens (tertiary/aromatic N) is 2. The number of anilines is 1. The molecule has 2 amide bonds. The number of benzene rings is 1. The van der Waals surface area contributed by atoms with E-state index in [0.29, 0.717) is 52.1 Å². The first-order valence-corrected chi connectivity index (χ1v) is 11.0. The van der Waals surface area contributed by atoms with E-state index < -0.39 is 5.97 Å². The van der Waals surface area contributed by atoms with Crippen LogP contribution in [-0.2, 0) is 25.5 Å². The van der Waals surface area contributed by atoms with E-state index in [1.54, 1.807) is 4.90 Å². The lowest BCUT2D eigenvalue weighted by Gasteiger charge is -2.37. The van der Waals surface area contributed by atoms with Crippen molar-refractivity contribution < 1.29 is 24.2 Å². The van der Waals surface area contributed by atoms with E-state index in [-0.39, 0.29) is 24.2 Å². The molecule has 1 aromatic carbocycles. The van der Waals surface area contributed by atoms with Gasteiger partial charge in [-0.3, -0.25) is 14.4 Å². The summed E-state index contributed by atoms with van der Waals surface area (Å²) in [7, 11) is 0. The van der Waals surface area contributed by atoms with Crippen molar-refractivity contribution in [1.82, 2.24) is 4.90 Å². The van der Waals surface area contributed by atoms with Crippen molar-refractivity contribution in [2.45, 2.75) is 51.4 Å². The molecule has 0 bridgehead atoms. The van der Waals surface area contributed by atoms with Crippen LogP contribution in [0.4, 0.5) is 5.69 Å². The van der Waals surface area contributed by atoms with Crippen LogP contribution < -0.4 is 4.90 Å². The van der Waals surface area contributed by atoms with Gasteiger partial charge >= 0.3 is 5.97 Å². The Balaban J connectivity index is 1.55. The maximum atomic E-state index is 13.0. The number of para-hydroxylation sites is 1. The smallest absolute Gasteiger partial charge is 0.303 e. The summed E-state index contributed by atoms with van der Waals surface area (Å²) >= 11 is 0. The number of hydrogen-bond acceptors (Lipinski definition) is 4. The molecule has 7 nitrogen and oxygen atoms in total. The molecule has 164 valence electrons. The molecule has 3 rings (SSSR count). The number of hydrogen-bond donors (Lipinski definition) is 1. The quantitative estimate of drug-likeness (QED) is 0.626. The predicted octanol–water partition coefficient (Wildman–Crippen LogP) is 2.87. The van der Waals surface area contributed by atoms with E-state index in [9.17, 15) is 14.4 Å². The van der Waals surface area contributed by atoms with Crippen LogP contribution in [0.3, 0.4) is 0 Å². The number of carboxylic acids is 1. The van der Waals surface area contributed by atoms with Gasteiger partial charge in [-0.1, -0.05) is 37.5 Å². The minimum Gasteiger partial charge on any atom is -0.481 e. The summed E-state index contributed by atoms with van der Waals surface area (Å²) in [4.78, 5) is 40.2. The fourth-order valence-corrected chi connectivity index (χ4v) is 4.26. The number of aliphatic carboxylic acids is 1. The Labute approximate surface area is 178 Å². The molecule has 1 saturated heterocycles. The van der Waals surface area contributed by atoms with Gasteiger partial charge in [0.2, 0.25) is 11.8 Å². The molecule has 1 fully saturated rings. The second-order valence-electron chi connectivity index (χ2n) is 8.13. The summed E-state index contributed by atoms with van der Waals surface area (Å²) in [5, 5.41) is 8.67. The van der Waals surface area contributed by atoms with Gasteiger partial charge in [0.15, 0.2) is 0 Å². The lowest BCUT2D eigenvalue weighted by molar-refractivity contribution is -0.139. The molecule has 1 atom stereocenters. The van der Waals surface area contributed by atoms with E-state index >= 15 is 0 Å². The predicted molar refractivity (Wildman–Crippen MR) is 113 cm³/mol. The Morgan fingerprint density at radius 3 is 2.37 bits per heavy atom. The highest BCUT2D eigenvalue weighted by atomic mass is 16.5. The van der Waals surface area contributed by atoms with Crippen molar-refractivity contribution in [3.63, 3.8) is 0 Å². The summed E-state index contributed by atoms with van der Waals surface area (Å²) in [6.07, 6.45) is 5.53. The number of morpholine rings is 1. The number of carboxylic acid groups (broad SMARTS) is 1. The van der Waals surface area contributed by atoms with Crippen LogP contribution in [0.5, 0.6) is 0 Å². The van der Waals surface area contributed by atoms with E-state index in [0.717, 1.165) is 36.9 Å². The Morgan fingerprint density at radius 2 is 1.63 bits per heavy atom. The van der Waals surface area contributed by atoms with E-state index in [4.69, 9.17) is 9.84 Å². The summed E-state index contributed by atoms with van der Waals surface area (Å²) < 4.78 is 5.36. The standard InChI is InChI=1S/C23H32N2O5/c26-21(10-4-2-1-3-5-11-22(27)28)25-17-19(16-18-8-6-7-9-20(18)25)23(29)24-12-14-30-15-13-24/h6-9,19H,1-5,10-17H2,(H,27,28)/t19-/m1/s1. The van der Waals surface area contributed by atoms with E-state index in [1.807, 2.05) is 29.2 Å². The first kappa shape index (κ1) is 22.3. The van der Waals surface area contributed by atoms with Crippen LogP contribution in [0, 0.1) is 5.92 Å². The molecular weight excluding hydrogens is 384 g/mol. The van der Waals surface area contributed by atoms with Gasteiger partial charge in [0, 0.05) is 38.2 Å². The molecule has 7 heteroatoms. The number of rotatable bonds is 9. The summed E-state index contributed by atoms with van der Waals surface area (Å²) in [6.45, 7) is 2.82. The molecule has 0 aromatic heterocycles. The Hall–Kier alpha value is -2.41. The van der Waals surface area contributed by atoms with Crippen molar-refractivity contribution >= 4 is 23.5 Å². The third kappa shape index (κ3) is 6.05. The highest BCUT2D eigenvalue weighted by Gasteiger charge is 2.34. The first-order valence-electron chi connectivity index (χ1n) is 11.0. The molecule has 1 N–H and O–H groups in total. The van der Waals surface area contributed by atoms with Crippen LogP contribution in [0.25, 0.3) is 0 Å². The van der Waals surface area contributed by atoms with Crippen molar-refractivity contribution in [1.29, 1.82) is 0 Å². The van der Waals surface area contributed by atoms with Crippen LogP contribution >= 0.6 is 0 Å². The monoisotopic (exact) mass is 416 g/mol. The molecule has 0 spiro atoms. The van der Waals surface area contributed by atoms with Gasteiger partial charge in [-0.05, 0) is 30.9 Å². The van der Waals surface area contributed by atoms with E-state index in [1.165, 1.54) is 0 Å². The fraction of sp³-hybridized carbons (Fsp3) is 0.609. The maximum Gasteiger partial charge on any atom is 0.303 e. The summed E-state index contributed by atoms with van der Waals surface area (Å²) in [5.74, 6) is -0.787. The van der Waals surface area contributed by atoms with E-state index in [2.05, 4.69) is 0 Å². The SMILES string of the molecule is O=C(O)CCCCCCCC(=O)N1C[C@H](C(=O)N2CCOCC2)Cc2ccccc21. The zero-order valence-electron chi connectivity index (χ0n) is 17.6. The number of fused-ring (bicyclic) bond motifs is 1. The van der Waals surface area contributed by atoms with Gasteiger partial charge in [0.05, 0.1) is 19.1 Å². The minimum absolute atomic E-state index is 0.0625. The lowest BCUT2D eigenvalue weighted by Crippen LogP contribution is -2.50. The fourth-order valence-electron chi connectivity index (χ4n) is 4.26. The molecule has 2 aliphatic rings. The highest BCUT2D eigenvalue weighted by Crippen LogP contribution is 2.31. The minimum atomic E-state index is -0.755. The third-order valence-corrected chi connectivity index (χ3v) is 5.91.